The number of nitrogens with zero attached hydrogens (tertiary/aromatic N) is 7. The van der Waals surface area contributed by atoms with Crippen LogP contribution in [-0.2, 0) is 17.5 Å². The van der Waals surface area contributed by atoms with Crippen LogP contribution in [0, 0.1) is 0 Å². The summed E-state index contributed by atoms with van der Waals surface area (Å²) in [5.41, 5.74) is 3.25. The lowest BCUT2D eigenvalue weighted by Crippen LogP contribution is -2.67. The fraction of sp³-hybridized carbons (Fsp3) is 0.412. The number of piperazine rings is 2. The molecule has 1 aromatic heterocycles. The zero-order chi connectivity index (χ0) is 33.1. The number of methoxy groups -OCH3 is 1. The summed E-state index contributed by atoms with van der Waals surface area (Å²) in [5, 5.41) is 10.1. The van der Waals surface area contributed by atoms with E-state index in [0.717, 1.165) is 0 Å². The summed E-state index contributed by atoms with van der Waals surface area (Å²) in [4.78, 5) is 19.6. The molecule has 6 rings (SSSR count). The minimum Gasteiger partial charge on any atom is -0.496 e. The Labute approximate surface area is 271 Å². The number of amides is 1. The molecular formula is C34H38F3N7O3. The molecule has 0 saturated carbocycles. The third-order valence-electron chi connectivity index (χ3n) is 8.79. The van der Waals surface area contributed by atoms with Crippen molar-refractivity contribution in [1.82, 2.24) is 34.9 Å². The molecule has 47 heavy (non-hydrogen) atoms. The minimum absolute atomic E-state index is 0.0114. The number of ether oxygens (including phenoxy) is 2. The first-order valence-corrected chi connectivity index (χ1v) is 15.7. The van der Waals surface area contributed by atoms with Gasteiger partial charge in [0.2, 0.25) is 0 Å². The van der Waals surface area contributed by atoms with Crippen LogP contribution in [0.4, 0.5) is 18.0 Å². The Bertz CT molecular complexity index is 1610. The van der Waals surface area contributed by atoms with Crippen LogP contribution in [0.3, 0.4) is 0 Å². The molecule has 0 spiro atoms. The van der Waals surface area contributed by atoms with Gasteiger partial charge in [-0.2, -0.15) is 17.9 Å². The van der Waals surface area contributed by atoms with E-state index in [1.54, 1.807) is 17.0 Å². The maximum absolute atomic E-state index is 13.7. The highest BCUT2D eigenvalue weighted by Gasteiger charge is 2.44. The van der Waals surface area contributed by atoms with Crippen LogP contribution in [0.2, 0.25) is 0 Å². The maximum Gasteiger partial charge on any atom is 0.453 e. The van der Waals surface area contributed by atoms with E-state index in [4.69, 9.17) is 9.47 Å². The molecule has 3 heterocycles. The average molecular weight is 650 g/mol. The number of aromatic nitrogens is 4. The zero-order valence-corrected chi connectivity index (χ0v) is 26.5. The smallest absolute Gasteiger partial charge is 0.453 e. The van der Waals surface area contributed by atoms with E-state index in [1.165, 1.54) is 24.3 Å². The van der Waals surface area contributed by atoms with E-state index in [9.17, 15) is 18.0 Å². The van der Waals surface area contributed by atoms with Crippen molar-refractivity contribution in [2.45, 2.75) is 50.7 Å². The molecule has 0 aliphatic carbocycles. The van der Waals surface area contributed by atoms with Gasteiger partial charge in [-0.1, -0.05) is 60.7 Å². The molecule has 0 radical (unpaired) electrons. The van der Waals surface area contributed by atoms with E-state index < -0.39 is 12.0 Å². The standard InChI is InChI=1S/C34H38F3N7O3/c1-23(2)47-33(45)42-16-17-43-28(21-42)20-41(22-29(43)31(24-10-6-4-7-11-24)25-12-8-5-9-13-25)19-26-18-27(14-15-30(26)46-3)44-32(34(35,36)37)38-39-40-44/h4-15,18,23,28-29,31H,16-17,19-22H2,1-3H3/t28-,29+/m1/s1. The molecule has 1 amide bonds. The number of carbonyl (C=O) groups excluding carboxylic acids is 1. The second-order valence-corrected chi connectivity index (χ2v) is 12.2. The molecule has 4 aromatic rings. The summed E-state index contributed by atoms with van der Waals surface area (Å²) in [6, 6.07) is 25.6. The molecular weight excluding hydrogens is 611 g/mol. The van der Waals surface area contributed by atoms with Crippen LogP contribution < -0.4 is 4.74 Å². The van der Waals surface area contributed by atoms with E-state index in [-0.39, 0.29) is 35.9 Å². The highest BCUT2D eigenvalue weighted by atomic mass is 19.4. The Kier molecular flexibility index (Phi) is 9.46. The van der Waals surface area contributed by atoms with Crippen molar-refractivity contribution in [2.24, 2.45) is 0 Å². The number of benzene rings is 3. The van der Waals surface area contributed by atoms with Crippen LogP contribution in [0.25, 0.3) is 5.69 Å². The molecule has 2 fully saturated rings. The second kappa shape index (κ2) is 13.7. The summed E-state index contributed by atoms with van der Waals surface area (Å²) in [6.45, 7) is 7.11. The van der Waals surface area contributed by atoms with Gasteiger partial charge in [-0.3, -0.25) is 9.80 Å². The van der Waals surface area contributed by atoms with Gasteiger partial charge in [0.25, 0.3) is 5.82 Å². The van der Waals surface area contributed by atoms with Crippen LogP contribution in [-0.4, -0.2) is 99.0 Å². The fourth-order valence-corrected chi connectivity index (χ4v) is 6.83. The summed E-state index contributed by atoms with van der Waals surface area (Å²) < 4.78 is 52.9. The minimum atomic E-state index is -4.72. The number of halogens is 3. The fourth-order valence-electron chi connectivity index (χ4n) is 6.83. The number of alkyl halides is 3. The van der Waals surface area contributed by atoms with Crippen molar-refractivity contribution in [3.63, 3.8) is 0 Å². The second-order valence-electron chi connectivity index (χ2n) is 12.2. The van der Waals surface area contributed by atoms with Gasteiger partial charge in [-0.15, -0.1) is 5.10 Å². The Hall–Kier alpha value is -4.49. The van der Waals surface area contributed by atoms with Gasteiger partial charge in [0.15, 0.2) is 0 Å². The Balaban J connectivity index is 1.36. The third kappa shape index (κ3) is 7.10. The molecule has 3 aromatic carbocycles. The van der Waals surface area contributed by atoms with E-state index >= 15 is 0 Å². The lowest BCUT2D eigenvalue weighted by molar-refractivity contribution is -0.146. The third-order valence-corrected chi connectivity index (χ3v) is 8.79. The van der Waals surface area contributed by atoms with Gasteiger partial charge in [0.1, 0.15) is 5.75 Å². The highest BCUT2D eigenvalue weighted by Crippen LogP contribution is 2.37. The first-order chi connectivity index (χ1) is 22.6. The van der Waals surface area contributed by atoms with Crippen LogP contribution in [0.5, 0.6) is 5.75 Å². The Morgan fingerprint density at radius 3 is 2.23 bits per heavy atom. The van der Waals surface area contributed by atoms with Gasteiger partial charge in [0.05, 0.1) is 18.9 Å². The molecule has 0 unspecified atom stereocenters. The lowest BCUT2D eigenvalue weighted by atomic mass is 9.81. The number of hydrogen-bond donors (Lipinski definition) is 0. The highest BCUT2D eigenvalue weighted by molar-refractivity contribution is 5.68. The van der Waals surface area contributed by atoms with Crippen molar-refractivity contribution >= 4 is 6.09 Å². The number of fused-ring (bicyclic) bond motifs is 1. The normalized spacial score (nSPS) is 19.2. The predicted octanol–water partition coefficient (Wildman–Crippen LogP) is 5.24. The average Bonchev–Trinajstić information content (AvgIpc) is 3.57. The van der Waals surface area contributed by atoms with Gasteiger partial charge in [-0.05, 0) is 53.6 Å². The molecule has 2 aliphatic heterocycles. The number of rotatable bonds is 8. The Morgan fingerprint density at radius 1 is 0.936 bits per heavy atom. The molecule has 10 nitrogen and oxygen atoms in total. The van der Waals surface area contributed by atoms with Crippen molar-refractivity contribution in [3.8, 4) is 11.4 Å². The van der Waals surface area contributed by atoms with Crippen LogP contribution in [0.1, 0.15) is 42.3 Å². The maximum atomic E-state index is 13.7. The van der Waals surface area contributed by atoms with Crippen LogP contribution in [0.15, 0.2) is 78.9 Å². The summed E-state index contributed by atoms with van der Waals surface area (Å²) in [5.74, 6) is -0.630. The summed E-state index contributed by atoms with van der Waals surface area (Å²) in [6.07, 6.45) is -5.28. The lowest BCUT2D eigenvalue weighted by Gasteiger charge is -2.53. The molecule has 248 valence electrons. The molecule has 0 bridgehead atoms. The van der Waals surface area contributed by atoms with Gasteiger partial charge < -0.3 is 14.4 Å². The number of tetrazole rings is 1. The van der Waals surface area contributed by atoms with Crippen molar-refractivity contribution in [2.75, 3.05) is 39.8 Å². The SMILES string of the molecule is COc1ccc(-n2nnnc2C(F)(F)F)cc1CN1C[C@@H]2CN(C(=O)OC(C)C)CCN2[C@H](C(c2ccccc2)c2ccccc2)C1. The quantitative estimate of drug-likeness (QED) is 0.256. The number of hydrogen-bond acceptors (Lipinski definition) is 8. The monoisotopic (exact) mass is 649 g/mol. The number of carbonyl (C=O) groups is 1. The zero-order valence-electron chi connectivity index (χ0n) is 26.5. The Morgan fingerprint density at radius 2 is 1.62 bits per heavy atom. The van der Waals surface area contributed by atoms with Crippen molar-refractivity contribution in [3.05, 3.63) is 101 Å². The summed E-state index contributed by atoms with van der Waals surface area (Å²) >= 11 is 0. The molecule has 0 N–H and O–H groups in total. The molecule has 2 aliphatic rings. The van der Waals surface area contributed by atoms with Gasteiger partial charge >= 0.3 is 12.3 Å². The first-order valence-electron chi connectivity index (χ1n) is 15.7. The predicted molar refractivity (Wildman–Crippen MR) is 168 cm³/mol. The summed E-state index contributed by atoms with van der Waals surface area (Å²) in [7, 11) is 1.54. The molecule has 2 atom stereocenters. The van der Waals surface area contributed by atoms with E-state index in [0.29, 0.717) is 55.3 Å². The van der Waals surface area contributed by atoms with Gasteiger partial charge in [-0.25, -0.2) is 4.79 Å². The molecule has 2 saturated heterocycles. The topological polar surface area (TPSA) is 88.8 Å². The van der Waals surface area contributed by atoms with Crippen molar-refractivity contribution in [1.29, 1.82) is 0 Å². The first kappa shape index (κ1) is 32.5. The van der Waals surface area contributed by atoms with Crippen molar-refractivity contribution < 1.29 is 27.4 Å². The van der Waals surface area contributed by atoms with Gasteiger partial charge in [0, 0.05) is 62.8 Å². The van der Waals surface area contributed by atoms with Crippen LogP contribution >= 0.6 is 0 Å². The molecule has 13 heteroatoms. The van der Waals surface area contributed by atoms with E-state index in [1.807, 2.05) is 50.2 Å². The largest absolute Gasteiger partial charge is 0.496 e. The van der Waals surface area contributed by atoms with E-state index in [2.05, 4.69) is 49.6 Å².